The quantitative estimate of drug-likeness (QED) is 0.728. The van der Waals surface area contributed by atoms with Gasteiger partial charge in [0.25, 0.3) is 5.91 Å². The van der Waals surface area contributed by atoms with Crippen LogP contribution in [0.25, 0.3) is 0 Å². The maximum absolute atomic E-state index is 13.0. The van der Waals surface area contributed by atoms with Crippen LogP contribution in [0.2, 0.25) is 0 Å². The number of nitrogens with zero attached hydrogens (tertiary/aromatic N) is 2. The molecular formula is C21H33N3O4S. The van der Waals surface area contributed by atoms with Gasteiger partial charge in [-0.15, -0.1) is 0 Å². The number of likely N-dealkylation sites (tertiary alicyclic amines) is 1. The van der Waals surface area contributed by atoms with E-state index in [1.165, 1.54) is 42.8 Å². The first kappa shape index (κ1) is 22.1. The van der Waals surface area contributed by atoms with Gasteiger partial charge in [0, 0.05) is 26.2 Å². The molecule has 0 saturated carbocycles. The van der Waals surface area contributed by atoms with Crippen molar-refractivity contribution >= 4 is 15.9 Å². The summed E-state index contributed by atoms with van der Waals surface area (Å²) >= 11 is 0. The highest BCUT2D eigenvalue weighted by Gasteiger charge is 2.29. The lowest BCUT2D eigenvalue weighted by molar-refractivity contribution is 0.0943. The van der Waals surface area contributed by atoms with Crippen LogP contribution in [0.4, 0.5) is 0 Å². The number of ether oxygens (including phenoxy) is 1. The lowest BCUT2D eigenvalue weighted by Crippen LogP contribution is -2.38. The van der Waals surface area contributed by atoms with E-state index in [0.717, 1.165) is 32.5 Å². The van der Waals surface area contributed by atoms with Gasteiger partial charge in [0.2, 0.25) is 10.0 Å². The van der Waals surface area contributed by atoms with Crippen molar-refractivity contribution in [1.82, 2.24) is 14.5 Å². The summed E-state index contributed by atoms with van der Waals surface area (Å²) in [5.41, 5.74) is 0.262. The molecule has 2 saturated heterocycles. The molecule has 2 aliphatic rings. The molecule has 0 spiro atoms. The molecule has 0 aromatic heterocycles. The predicted molar refractivity (Wildman–Crippen MR) is 113 cm³/mol. The number of carbonyl (C=O) groups excluding carboxylic acids is 1. The molecule has 0 unspecified atom stereocenters. The van der Waals surface area contributed by atoms with Gasteiger partial charge in [-0.05, 0) is 62.9 Å². The van der Waals surface area contributed by atoms with Crippen molar-refractivity contribution in [3.8, 4) is 5.75 Å². The van der Waals surface area contributed by atoms with E-state index >= 15 is 0 Å². The number of benzene rings is 1. The number of piperidine rings is 2. The number of amides is 1. The SMILES string of the molecule is COc1ccc(S(=O)(=O)N2CCC(C)CC2)cc1C(=O)NCCN1CCCCC1. The molecule has 1 amide bonds. The minimum Gasteiger partial charge on any atom is -0.496 e. The van der Waals surface area contributed by atoms with Gasteiger partial charge in [-0.3, -0.25) is 4.79 Å². The van der Waals surface area contributed by atoms with Gasteiger partial charge in [0.1, 0.15) is 5.75 Å². The summed E-state index contributed by atoms with van der Waals surface area (Å²) in [7, 11) is -2.13. The van der Waals surface area contributed by atoms with Crippen LogP contribution in [0.15, 0.2) is 23.1 Å². The summed E-state index contributed by atoms with van der Waals surface area (Å²) in [6.07, 6.45) is 5.41. The fourth-order valence-corrected chi connectivity index (χ4v) is 5.50. The van der Waals surface area contributed by atoms with Crippen LogP contribution in [0, 0.1) is 5.92 Å². The third-order valence-corrected chi connectivity index (χ3v) is 7.85. The van der Waals surface area contributed by atoms with Gasteiger partial charge in [-0.1, -0.05) is 13.3 Å². The lowest BCUT2D eigenvalue weighted by Gasteiger charge is -2.29. The summed E-state index contributed by atoms with van der Waals surface area (Å²) in [4.78, 5) is 15.2. The highest BCUT2D eigenvalue weighted by Crippen LogP contribution is 2.27. The molecule has 162 valence electrons. The second-order valence-corrected chi connectivity index (χ2v) is 10.0. The summed E-state index contributed by atoms with van der Waals surface area (Å²) in [5.74, 6) is 0.619. The number of methoxy groups -OCH3 is 1. The van der Waals surface area contributed by atoms with Crippen LogP contribution in [0.3, 0.4) is 0 Å². The van der Waals surface area contributed by atoms with E-state index in [4.69, 9.17) is 4.74 Å². The smallest absolute Gasteiger partial charge is 0.255 e. The van der Waals surface area contributed by atoms with Crippen molar-refractivity contribution < 1.29 is 17.9 Å². The van der Waals surface area contributed by atoms with Crippen LogP contribution >= 0.6 is 0 Å². The molecule has 2 fully saturated rings. The van der Waals surface area contributed by atoms with Crippen LogP contribution < -0.4 is 10.1 Å². The average molecular weight is 424 g/mol. The predicted octanol–water partition coefficient (Wildman–Crippen LogP) is 2.33. The Balaban J connectivity index is 1.69. The molecule has 29 heavy (non-hydrogen) atoms. The Bertz CT molecular complexity index is 798. The van der Waals surface area contributed by atoms with E-state index in [9.17, 15) is 13.2 Å². The number of hydrogen-bond donors (Lipinski definition) is 1. The number of sulfonamides is 1. The zero-order valence-corrected chi connectivity index (χ0v) is 18.3. The lowest BCUT2D eigenvalue weighted by atomic mass is 10.0. The molecule has 2 aliphatic heterocycles. The van der Waals surface area contributed by atoms with E-state index in [1.54, 1.807) is 6.07 Å². The zero-order chi connectivity index (χ0) is 20.9. The molecule has 1 N–H and O–H groups in total. The minimum absolute atomic E-state index is 0.147. The molecule has 0 aliphatic carbocycles. The van der Waals surface area contributed by atoms with Crippen LogP contribution in [0.5, 0.6) is 5.75 Å². The number of hydrogen-bond acceptors (Lipinski definition) is 5. The molecule has 8 heteroatoms. The first-order valence-electron chi connectivity index (χ1n) is 10.6. The monoisotopic (exact) mass is 423 g/mol. The third-order valence-electron chi connectivity index (χ3n) is 5.96. The van der Waals surface area contributed by atoms with Crippen molar-refractivity contribution in [3.05, 3.63) is 23.8 Å². The summed E-state index contributed by atoms with van der Waals surface area (Å²) in [6, 6.07) is 4.54. The number of carbonyl (C=O) groups is 1. The van der Waals surface area contributed by atoms with E-state index in [2.05, 4.69) is 17.1 Å². The highest BCUT2D eigenvalue weighted by atomic mass is 32.2. The zero-order valence-electron chi connectivity index (χ0n) is 17.5. The average Bonchev–Trinajstić information content (AvgIpc) is 2.74. The van der Waals surface area contributed by atoms with Crippen molar-refractivity contribution in [1.29, 1.82) is 0 Å². The largest absolute Gasteiger partial charge is 0.496 e. The maximum Gasteiger partial charge on any atom is 0.255 e. The van der Waals surface area contributed by atoms with E-state index in [1.807, 2.05) is 0 Å². The standard InChI is InChI=1S/C21H33N3O4S/c1-17-8-13-24(14-9-17)29(26,27)18-6-7-20(28-2)19(16-18)21(25)22-10-15-23-11-4-3-5-12-23/h6-7,16-17H,3-5,8-15H2,1-2H3,(H,22,25). The highest BCUT2D eigenvalue weighted by molar-refractivity contribution is 7.89. The van der Waals surface area contributed by atoms with Crippen molar-refractivity contribution in [3.63, 3.8) is 0 Å². The Morgan fingerprint density at radius 3 is 2.48 bits per heavy atom. The number of nitrogens with one attached hydrogen (secondary N) is 1. The molecule has 1 aromatic carbocycles. The molecule has 0 atom stereocenters. The molecule has 1 aromatic rings. The minimum atomic E-state index is -3.61. The molecular weight excluding hydrogens is 390 g/mol. The molecule has 2 heterocycles. The van der Waals surface area contributed by atoms with Gasteiger partial charge >= 0.3 is 0 Å². The maximum atomic E-state index is 13.0. The van der Waals surface area contributed by atoms with Crippen molar-refractivity contribution in [2.24, 2.45) is 5.92 Å². The fourth-order valence-electron chi connectivity index (χ4n) is 4.01. The van der Waals surface area contributed by atoms with Crippen molar-refractivity contribution in [2.75, 3.05) is 46.4 Å². The molecule has 0 radical (unpaired) electrons. The van der Waals surface area contributed by atoms with Gasteiger partial charge in [-0.25, -0.2) is 8.42 Å². The third kappa shape index (κ3) is 5.49. The second kappa shape index (κ2) is 9.91. The summed E-state index contributed by atoms with van der Waals surface area (Å²) in [5, 5.41) is 2.92. The van der Waals surface area contributed by atoms with E-state index in [0.29, 0.717) is 31.3 Å². The van der Waals surface area contributed by atoms with Gasteiger partial charge in [-0.2, -0.15) is 4.31 Å². The van der Waals surface area contributed by atoms with Crippen LogP contribution in [-0.2, 0) is 10.0 Å². The number of rotatable bonds is 7. The van der Waals surface area contributed by atoms with Gasteiger partial charge < -0.3 is 15.0 Å². The first-order valence-corrected chi connectivity index (χ1v) is 12.0. The van der Waals surface area contributed by atoms with E-state index < -0.39 is 10.0 Å². The van der Waals surface area contributed by atoms with Crippen molar-refractivity contribution in [2.45, 2.75) is 43.9 Å². The Kier molecular flexibility index (Phi) is 7.54. The molecule has 3 rings (SSSR count). The first-order chi connectivity index (χ1) is 13.9. The summed E-state index contributed by atoms with van der Waals surface area (Å²) in [6.45, 7) is 6.66. The summed E-state index contributed by atoms with van der Waals surface area (Å²) < 4.78 is 32.9. The Labute approximate surface area is 174 Å². The molecule has 0 bridgehead atoms. The normalized spacial score (nSPS) is 19.8. The fraction of sp³-hybridized carbons (Fsp3) is 0.667. The Hall–Kier alpha value is -1.64. The van der Waals surface area contributed by atoms with Crippen LogP contribution in [-0.4, -0.2) is 69.9 Å². The molecule has 7 nitrogen and oxygen atoms in total. The van der Waals surface area contributed by atoms with Gasteiger partial charge in [0.15, 0.2) is 0 Å². The second-order valence-electron chi connectivity index (χ2n) is 8.11. The van der Waals surface area contributed by atoms with E-state index in [-0.39, 0.29) is 16.4 Å². The topological polar surface area (TPSA) is 79.0 Å². The Morgan fingerprint density at radius 2 is 1.83 bits per heavy atom. The van der Waals surface area contributed by atoms with Crippen LogP contribution in [0.1, 0.15) is 49.4 Å². The Morgan fingerprint density at radius 1 is 1.14 bits per heavy atom. The van der Waals surface area contributed by atoms with Gasteiger partial charge in [0.05, 0.1) is 17.6 Å².